The first kappa shape index (κ1) is 110. The van der Waals surface area contributed by atoms with Crippen LogP contribution in [0.4, 0.5) is 0 Å². The Balaban J connectivity index is 5.90. The molecule has 0 bridgehead atoms. The maximum Gasteiger partial charge on any atom is 0.327 e. The summed E-state index contributed by atoms with van der Waals surface area (Å²) in [6.45, 7) is 16.0. The highest BCUT2D eigenvalue weighted by atomic mass is 31.2. The Morgan fingerprint density at radius 1 is 0.325 bits per heavy atom. The number of ether oxygens (including phenoxy) is 4. The molecule has 21 nitrogen and oxygen atoms in total. The van der Waals surface area contributed by atoms with E-state index < -0.39 is 45.0 Å². The normalized spacial score (nSPS) is 14.1. The summed E-state index contributed by atoms with van der Waals surface area (Å²) in [5.74, 6) is -3.00. The molecule has 114 heavy (non-hydrogen) atoms. The van der Waals surface area contributed by atoms with Gasteiger partial charge in [-0.05, 0) is 109 Å². The third kappa shape index (κ3) is 74.7. The molecule has 0 aromatic rings. The lowest BCUT2D eigenvalue weighted by Crippen LogP contribution is -2.43. The third-order valence-electron chi connectivity index (χ3n) is 20.7. The summed E-state index contributed by atoms with van der Waals surface area (Å²) in [5, 5.41) is 11.6. The second kappa shape index (κ2) is 81.8. The molecule has 6 atom stereocenters. The van der Waals surface area contributed by atoms with Crippen LogP contribution in [0.15, 0.2) is 24.3 Å². The largest absolute Gasteiger partial charge is 0.462 e. The van der Waals surface area contributed by atoms with E-state index in [1.807, 2.05) is 0 Å². The number of nitrogens with two attached hydrogens (primary N) is 1. The van der Waals surface area contributed by atoms with Crippen LogP contribution in [0.3, 0.4) is 0 Å². The second-order valence-electron chi connectivity index (χ2n) is 32.1. The molecule has 0 fully saturated rings. The minimum atomic E-state index is -3.77. The van der Waals surface area contributed by atoms with Gasteiger partial charge in [-0.25, -0.2) is 0 Å². The first-order valence-electron chi connectivity index (χ1n) is 46.8. The van der Waals surface area contributed by atoms with Crippen LogP contribution in [0.5, 0.6) is 0 Å². The lowest BCUT2D eigenvalue weighted by molar-refractivity contribution is -0.151. The number of hydrogen-bond donors (Lipinski definition) is 5. The quantitative estimate of drug-likeness (QED) is 0.0124. The van der Waals surface area contributed by atoms with Crippen LogP contribution in [-0.4, -0.2) is 146 Å². The fourth-order valence-electron chi connectivity index (χ4n) is 13.6. The van der Waals surface area contributed by atoms with E-state index in [9.17, 15) is 37.9 Å². The fraction of sp³-hybridized carbons (Fsp3) is 0.890. The zero-order chi connectivity index (χ0) is 83.7. The number of allylic oxidation sites excluding steroid dienone is 4. The predicted octanol–water partition coefficient (Wildman–Crippen LogP) is 22.8. The summed E-state index contributed by atoms with van der Waals surface area (Å²) in [5.41, 5.74) is 5.82. The minimum absolute atomic E-state index is 0.0616. The number of amides is 4. The number of unbranched alkanes of at least 4 members (excludes halogenated alkanes) is 39. The molecule has 0 radical (unpaired) electrons. The molecule has 0 aliphatic rings. The standard InChI is InChI=1S/C91H175N5O16P2/c1-9-15-21-27-31-35-37-41-43-49-55-64-86(97)95-81(77-105-73-68-83(61-53-47-25-19-13-5)111-88(99)66-57-51-45-39-33-29-23-17-11-3)79-109-113(7,103)107-75-71-93-90(101)85(63-59-60-70-92)91(102)94-72-76-108-114(8,104)110-80-82(96-87(98)65-56-50-44-42-38-36-32-28-22-16-10-2)78-106-74-69-84(62-54-48-26-20-14-6)112-89(100)67-58-52-46-40-34-30-24-18-12-4/h39-40,45-46,81-85H,9-38,41-44,47-80,92H2,1-8H3,(H,93,101)(H,94,102)(H,95,97)(H,96,98)/b45-39-,46-40-. The van der Waals surface area contributed by atoms with Gasteiger partial charge in [0.1, 0.15) is 18.1 Å². The molecule has 0 saturated carbocycles. The second-order valence-corrected chi connectivity index (χ2v) is 36.2. The van der Waals surface area contributed by atoms with E-state index in [4.69, 9.17) is 42.8 Å². The van der Waals surface area contributed by atoms with E-state index in [0.29, 0.717) is 57.9 Å². The molecule has 670 valence electrons. The maximum absolute atomic E-state index is 13.8. The van der Waals surface area contributed by atoms with Gasteiger partial charge in [-0.2, -0.15) is 0 Å². The average molecular weight is 1660 g/mol. The Morgan fingerprint density at radius 3 is 0.956 bits per heavy atom. The number of carbonyl (C=O) groups is 6. The van der Waals surface area contributed by atoms with Gasteiger partial charge in [0.15, 0.2) is 0 Å². The van der Waals surface area contributed by atoms with Gasteiger partial charge in [0, 0.05) is 64.9 Å². The van der Waals surface area contributed by atoms with Gasteiger partial charge in [0.05, 0.1) is 64.9 Å². The zero-order valence-electron chi connectivity index (χ0n) is 74.3. The zero-order valence-corrected chi connectivity index (χ0v) is 76.1. The Morgan fingerprint density at radius 2 is 0.623 bits per heavy atom. The van der Waals surface area contributed by atoms with Crippen molar-refractivity contribution in [2.24, 2.45) is 11.7 Å². The first-order valence-corrected chi connectivity index (χ1v) is 50.8. The molecule has 0 aliphatic heterocycles. The van der Waals surface area contributed by atoms with E-state index >= 15 is 0 Å². The molecule has 4 amide bonds. The van der Waals surface area contributed by atoms with E-state index in [1.165, 1.54) is 155 Å². The van der Waals surface area contributed by atoms with Crippen molar-refractivity contribution in [3.63, 3.8) is 0 Å². The summed E-state index contributed by atoms with van der Waals surface area (Å²) in [7, 11) is -7.53. The summed E-state index contributed by atoms with van der Waals surface area (Å²) < 4.78 is 75.4. The molecule has 0 heterocycles. The molecule has 0 spiro atoms. The molecular weight excluding hydrogens is 1480 g/mol. The molecule has 23 heteroatoms. The molecule has 6 unspecified atom stereocenters. The van der Waals surface area contributed by atoms with Crippen LogP contribution in [0.25, 0.3) is 0 Å². The number of hydrogen-bond acceptors (Lipinski definition) is 17. The van der Waals surface area contributed by atoms with E-state index in [-0.39, 0.29) is 108 Å². The van der Waals surface area contributed by atoms with Crippen molar-refractivity contribution in [3.8, 4) is 0 Å². The monoisotopic (exact) mass is 1660 g/mol. The number of carbonyl (C=O) groups excluding carboxylic acids is 6. The van der Waals surface area contributed by atoms with Gasteiger partial charge in [0.25, 0.3) is 0 Å². The summed E-state index contributed by atoms with van der Waals surface area (Å²) in [6, 6.07) is -1.33. The van der Waals surface area contributed by atoms with Crippen LogP contribution < -0.4 is 27.0 Å². The van der Waals surface area contributed by atoms with Crippen LogP contribution in [0.2, 0.25) is 0 Å². The van der Waals surface area contributed by atoms with Crippen molar-refractivity contribution >= 4 is 50.8 Å². The predicted molar refractivity (Wildman–Crippen MR) is 470 cm³/mol. The number of nitrogens with one attached hydrogen (secondary N) is 4. The molecular formula is C91H175N5O16P2. The Bertz CT molecular complexity index is 2270. The van der Waals surface area contributed by atoms with Crippen molar-refractivity contribution in [3.05, 3.63) is 24.3 Å². The Labute approximate surface area is 697 Å². The number of esters is 2. The highest BCUT2D eigenvalue weighted by molar-refractivity contribution is 7.53. The van der Waals surface area contributed by atoms with Gasteiger partial charge in [-0.3, -0.25) is 37.9 Å². The molecule has 0 aliphatic carbocycles. The average Bonchev–Trinajstić information content (AvgIpc) is 0.894. The Kier molecular flexibility index (Phi) is 79.3. The maximum atomic E-state index is 13.8. The lowest BCUT2D eigenvalue weighted by atomic mass is 10.00. The van der Waals surface area contributed by atoms with Crippen molar-refractivity contribution in [1.29, 1.82) is 0 Å². The van der Waals surface area contributed by atoms with Gasteiger partial charge in [0.2, 0.25) is 23.6 Å². The van der Waals surface area contributed by atoms with Crippen LogP contribution >= 0.6 is 15.2 Å². The van der Waals surface area contributed by atoms with Crippen LogP contribution in [0.1, 0.15) is 408 Å². The van der Waals surface area contributed by atoms with Crippen LogP contribution in [0, 0.1) is 5.92 Å². The highest BCUT2D eigenvalue weighted by Gasteiger charge is 2.29. The number of rotatable bonds is 88. The van der Waals surface area contributed by atoms with Crippen LogP contribution in [-0.2, 0) is 74.9 Å². The van der Waals surface area contributed by atoms with Crippen molar-refractivity contribution in [2.75, 3.05) is 85.8 Å². The van der Waals surface area contributed by atoms with Gasteiger partial charge in [-0.15, -0.1) is 0 Å². The molecule has 0 saturated heterocycles. The topological polar surface area (TPSA) is 285 Å². The summed E-state index contributed by atoms with van der Waals surface area (Å²) in [4.78, 5) is 80.6. The Hall–Kier alpha value is -3.52. The smallest absolute Gasteiger partial charge is 0.327 e. The molecule has 6 N–H and O–H groups in total. The highest BCUT2D eigenvalue weighted by Crippen LogP contribution is 2.44. The molecule has 0 aromatic heterocycles. The minimum Gasteiger partial charge on any atom is -0.462 e. The van der Waals surface area contributed by atoms with Gasteiger partial charge < -0.3 is 64.0 Å². The molecule has 0 rings (SSSR count). The van der Waals surface area contributed by atoms with E-state index in [1.54, 1.807) is 0 Å². The van der Waals surface area contributed by atoms with Crippen molar-refractivity contribution < 1.29 is 74.9 Å². The van der Waals surface area contributed by atoms with E-state index in [0.717, 1.165) is 167 Å². The first-order chi connectivity index (χ1) is 55.4. The summed E-state index contributed by atoms with van der Waals surface area (Å²) >= 11 is 0. The van der Waals surface area contributed by atoms with Crippen molar-refractivity contribution in [2.45, 2.75) is 432 Å². The van der Waals surface area contributed by atoms with Gasteiger partial charge in [-0.1, -0.05) is 291 Å². The fourth-order valence-corrected chi connectivity index (χ4v) is 15.5. The van der Waals surface area contributed by atoms with E-state index in [2.05, 4.69) is 87.1 Å². The van der Waals surface area contributed by atoms with Crippen molar-refractivity contribution in [1.82, 2.24) is 21.3 Å². The summed E-state index contributed by atoms with van der Waals surface area (Å²) in [6.07, 6.45) is 64.8. The SMILES string of the molecule is CCCCCC/C=C\CCCC(=O)OC(CCCCCCC)CCOCC(COP(C)(=O)OCCNC(=O)C(CCCCN)C(=O)NCCOP(C)(=O)OCC(COCCC(CCCCCCC)OC(=O)CCC/C=C\CCCCCC)NC(=O)CCCCCCCCCCCCC)NC(=O)CCCCCCCCCCCCC. The molecule has 0 aromatic carbocycles. The van der Waals surface area contributed by atoms with Gasteiger partial charge >= 0.3 is 27.1 Å². The third-order valence-corrected chi connectivity index (χ3v) is 23.3. The lowest BCUT2D eigenvalue weighted by Gasteiger charge is -2.23.